The monoisotopic (exact) mass is 266 g/mol. The van der Waals surface area contributed by atoms with Gasteiger partial charge in [-0.15, -0.1) is 10.2 Å². The Bertz CT molecular complexity index is 419. The van der Waals surface area contributed by atoms with Crippen LogP contribution in [-0.4, -0.2) is 40.8 Å². The van der Waals surface area contributed by atoms with Crippen LogP contribution in [0.3, 0.4) is 0 Å². The number of hydrogen-bond acceptors (Lipinski definition) is 5. The van der Waals surface area contributed by atoms with Gasteiger partial charge in [0.05, 0.1) is 0 Å². The first-order valence-corrected chi connectivity index (χ1v) is 6.15. The molecule has 0 aliphatic carbocycles. The van der Waals surface area contributed by atoms with E-state index < -0.39 is 5.97 Å². The first kappa shape index (κ1) is 14.9. The van der Waals surface area contributed by atoms with E-state index in [9.17, 15) is 9.59 Å². The lowest BCUT2D eigenvalue weighted by atomic mass is 10.2. The third kappa shape index (κ3) is 5.80. The molecule has 19 heavy (non-hydrogen) atoms. The van der Waals surface area contributed by atoms with Crippen molar-refractivity contribution in [2.75, 3.05) is 18.9 Å². The lowest BCUT2D eigenvalue weighted by molar-refractivity contribution is -0.137. The fraction of sp³-hybridized carbons (Fsp3) is 0.500. The van der Waals surface area contributed by atoms with Crippen LogP contribution < -0.4 is 10.6 Å². The number of rotatable bonds is 8. The highest BCUT2D eigenvalue weighted by Gasteiger charge is 2.04. The van der Waals surface area contributed by atoms with Crippen molar-refractivity contribution < 1.29 is 14.7 Å². The summed E-state index contributed by atoms with van der Waals surface area (Å²) >= 11 is 0. The van der Waals surface area contributed by atoms with Gasteiger partial charge >= 0.3 is 5.97 Å². The molecule has 7 heteroatoms. The SMILES string of the molecule is CNC(=O)c1ccc(NCCCCCC(=O)O)nn1. The molecular weight excluding hydrogens is 248 g/mol. The van der Waals surface area contributed by atoms with Crippen molar-refractivity contribution in [3.8, 4) is 0 Å². The van der Waals surface area contributed by atoms with E-state index >= 15 is 0 Å². The van der Waals surface area contributed by atoms with Gasteiger partial charge in [0, 0.05) is 20.0 Å². The number of aromatic nitrogens is 2. The van der Waals surface area contributed by atoms with Gasteiger partial charge in [-0.05, 0) is 25.0 Å². The number of anilines is 1. The number of aliphatic carboxylic acids is 1. The molecule has 0 bridgehead atoms. The molecule has 0 radical (unpaired) electrons. The van der Waals surface area contributed by atoms with Crippen LogP contribution in [0, 0.1) is 0 Å². The number of carbonyl (C=O) groups excluding carboxylic acids is 1. The molecule has 1 amide bonds. The summed E-state index contributed by atoms with van der Waals surface area (Å²) in [6.07, 6.45) is 2.61. The molecule has 0 saturated heterocycles. The summed E-state index contributed by atoms with van der Waals surface area (Å²) in [5.41, 5.74) is 0.273. The molecule has 3 N–H and O–H groups in total. The first-order chi connectivity index (χ1) is 9.13. The minimum Gasteiger partial charge on any atom is -0.481 e. The van der Waals surface area contributed by atoms with Gasteiger partial charge in [0.2, 0.25) is 0 Å². The van der Waals surface area contributed by atoms with Crippen LogP contribution in [0.5, 0.6) is 0 Å². The quantitative estimate of drug-likeness (QED) is 0.604. The molecular formula is C12H18N4O3. The summed E-state index contributed by atoms with van der Waals surface area (Å²) in [4.78, 5) is 21.5. The van der Waals surface area contributed by atoms with E-state index in [4.69, 9.17) is 5.11 Å². The van der Waals surface area contributed by atoms with Crippen molar-refractivity contribution >= 4 is 17.7 Å². The molecule has 0 aromatic carbocycles. The Kier molecular flexibility index (Phi) is 6.28. The standard InChI is InChI=1S/C12H18N4O3/c1-13-12(19)9-6-7-10(16-15-9)14-8-4-2-3-5-11(17)18/h6-7H,2-5,8H2,1H3,(H,13,19)(H,14,16)(H,17,18). The maximum absolute atomic E-state index is 11.2. The molecule has 0 atom stereocenters. The van der Waals surface area contributed by atoms with Crippen molar-refractivity contribution in [3.05, 3.63) is 17.8 Å². The summed E-state index contributed by atoms with van der Waals surface area (Å²) in [6.45, 7) is 0.702. The highest BCUT2D eigenvalue weighted by atomic mass is 16.4. The zero-order chi connectivity index (χ0) is 14.1. The Hall–Kier alpha value is -2.18. The highest BCUT2D eigenvalue weighted by molar-refractivity contribution is 5.91. The molecule has 0 saturated carbocycles. The molecule has 0 spiro atoms. The average molecular weight is 266 g/mol. The number of unbranched alkanes of at least 4 members (excludes halogenated alkanes) is 2. The number of hydrogen-bond donors (Lipinski definition) is 3. The fourth-order valence-electron chi connectivity index (χ4n) is 1.47. The second kappa shape index (κ2) is 8.02. The van der Waals surface area contributed by atoms with Gasteiger partial charge in [0.1, 0.15) is 5.82 Å². The number of carbonyl (C=O) groups is 2. The predicted molar refractivity (Wildman–Crippen MR) is 70.0 cm³/mol. The maximum Gasteiger partial charge on any atom is 0.303 e. The van der Waals surface area contributed by atoms with Crippen molar-refractivity contribution in [2.24, 2.45) is 0 Å². The van der Waals surface area contributed by atoms with Crippen LogP contribution >= 0.6 is 0 Å². The van der Waals surface area contributed by atoms with E-state index in [0.717, 1.165) is 12.8 Å². The third-order valence-electron chi connectivity index (χ3n) is 2.50. The van der Waals surface area contributed by atoms with Crippen molar-refractivity contribution in [1.82, 2.24) is 15.5 Å². The largest absolute Gasteiger partial charge is 0.481 e. The summed E-state index contributed by atoms with van der Waals surface area (Å²) < 4.78 is 0. The van der Waals surface area contributed by atoms with Crippen LogP contribution in [0.25, 0.3) is 0 Å². The van der Waals surface area contributed by atoms with Gasteiger partial charge in [-0.2, -0.15) is 0 Å². The van der Waals surface area contributed by atoms with Crippen LogP contribution in [0.1, 0.15) is 36.2 Å². The molecule has 104 valence electrons. The minimum atomic E-state index is -0.761. The predicted octanol–water partition coefficient (Wildman–Crippen LogP) is 0.893. The first-order valence-electron chi connectivity index (χ1n) is 6.15. The third-order valence-corrected chi connectivity index (χ3v) is 2.50. The van der Waals surface area contributed by atoms with Gasteiger partial charge in [0.15, 0.2) is 5.69 Å². The number of carboxylic acids is 1. The normalized spacial score (nSPS) is 9.95. The number of nitrogens with zero attached hydrogens (tertiary/aromatic N) is 2. The highest BCUT2D eigenvalue weighted by Crippen LogP contribution is 2.04. The molecule has 1 rings (SSSR count). The topological polar surface area (TPSA) is 104 Å². The summed E-state index contributed by atoms with van der Waals surface area (Å²) in [5.74, 6) is -0.428. The second-order valence-corrected chi connectivity index (χ2v) is 4.01. The molecule has 0 aliphatic heterocycles. The van der Waals surface area contributed by atoms with Crippen LogP contribution in [0.2, 0.25) is 0 Å². The zero-order valence-electron chi connectivity index (χ0n) is 10.8. The fourth-order valence-corrected chi connectivity index (χ4v) is 1.47. The second-order valence-electron chi connectivity index (χ2n) is 4.01. The summed E-state index contributed by atoms with van der Waals surface area (Å²) in [6, 6.07) is 3.29. The smallest absolute Gasteiger partial charge is 0.303 e. The Morgan fingerprint density at radius 3 is 2.58 bits per heavy atom. The lowest BCUT2D eigenvalue weighted by Gasteiger charge is -2.05. The van der Waals surface area contributed by atoms with Gasteiger partial charge in [-0.3, -0.25) is 9.59 Å². The minimum absolute atomic E-state index is 0.209. The Morgan fingerprint density at radius 1 is 1.21 bits per heavy atom. The van der Waals surface area contributed by atoms with Crippen LogP contribution in [0.4, 0.5) is 5.82 Å². The van der Waals surface area contributed by atoms with Gasteiger partial charge in [0.25, 0.3) is 5.91 Å². The van der Waals surface area contributed by atoms with E-state index in [0.29, 0.717) is 18.8 Å². The average Bonchev–Trinajstić information content (AvgIpc) is 2.42. The zero-order valence-corrected chi connectivity index (χ0v) is 10.8. The summed E-state index contributed by atoms with van der Waals surface area (Å²) in [5, 5.41) is 21.7. The van der Waals surface area contributed by atoms with Gasteiger partial charge in [-0.25, -0.2) is 0 Å². The van der Waals surface area contributed by atoms with E-state index in [-0.39, 0.29) is 18.0 Å². The molecule has 7 nitrogen and oxygen atoms in total. The van der Waals surface area contributed by atoms with Crippen LogP contribution in [-0.2, 0) is 4.79 Å². The van der Waals surface area contributed by atoms with Crippen molar-refractivity contribution in [3.63, 3.8) is 0 Å². The Balaban J connectivity index is 2.23. The molecule has 1 heterocycles. The molecule has 0 unspecified atom stereocenters. The Morgan fingerprint density at radius 2 is 2.00 bits per heavy atom. The van der Waals surface area contributed by atoms with E-state index in [1.54, 1.807) is 12.1 Å². The molecule has 0 aliphatic rings. The van der Waals surface area contributed by atoms with Gasteiger partial charge in [-0.1, -0.05) is 6.42 Å². The van der Waals surface area contributed by atoms with Crippen molar-refractivity contribution in [1.29, 1.82) is 0 Å². The van der Waals surface area contributed by atoms with Crippen molar-refractivity contribution in [2.45, 2.75) is 25.7 Å². The summed E-state index contributed by atoms with van der Waals surface area (Å²) in [7, 11) is 1.54. The molecule has 1 aromatic heterocycles. The lowest BCUT2D eigenvalue weighted by Crippen LogP contribution is -2.19. The molecule has 1 aromatic rings. The number of amides is 1. The van der Waals surface area contributed by atoms with Crippen LogP contribution in [0.15, 0.2) is 12.1 Å². The maximum atomic E-state index is 11.2. The van der Waals surface area contributed by atoms with E-state index in [1.165, 1.54) is 7.05 Å². The number of nitrogens with one attached hydrogen (secondary N) is 2. The Labute approximate surface area is 111 Å². The van der Waals surface area contributed by atoms with E-state index in [2.05, 4.69) is 20.8 Å². The molecule has 0 fully saturated rings. The number of carboxylic acid groups (broad SMARTS) is 1. The van der Waals surface area contributed by atoms with Gasteiger partial charge < -0.3 is 15.7 Å². The van der Waals surface area contributed by atoms with E-state index in [1.807, 2.05) is 0 Å².